The van der Waals surface area contributed by atoms with Crippen LogP contribution in [-0.2, 0) is 18.7 Å². The fourth-order valence-electron chi connectivity index (χ4n) is 1.70. The molecule has 1 aromatic rings. The summed E-state index contributed by atoms with van der Waals surface area (Å²) in [6, 6.07) is 0. The lowest BCUT2D eigenvalue weighted by molar-refractivity contribution is 0.0639. The zero-order valence-electron chi connectivity index (χ0n) is 8.04. The number of imidazole rings is 1. The predicted molar refractivity (Wildman–Crippen MR) is 49.2 cm³/mol. The van der Waals surface area contributed by atoms with E-state index in [0.717, 1.165) is 31.2 Å². The lowest BCUT2D eigenvalue weighted by atomic mass is 10.1. The maximum Gasteiger partial charge on any atom is 0.140 e. The monoisotopic (exact) mass is 181 g/mol. The Hall–Kier alpha value is -0.870. The normalized spacial score (nSPS) is 17.2. The molecule has 0 saturated carbocycles. The smallest absolute Gasteiger partial charge is 0.140 e. The summed E-state index contributed by atoms with van der Waals surface area (Å²) in [7, 11) is 0. The number of fused-ring (bicyclic) bond motifs is 1. The van der Waals surface area contributed by atoms with Gasteiger partial charge in [0.25, 0.3) is 0 Å². The molecule has 2 rings (SSSR count). The van der Waals surface area contributed by atoms with E-state index in [1.807, 2.05) is 6.20 Å². The van der Waals surface area contributed by atoms with E-state index in [1.165, 1.54) is 0 Å². The van der Waals surface area contributed by atoms with Crippen LogP contribution in [-0.4, -0.2) is 21.2 Å². The van der Waals surface area contributed by atoms with Crippen molar-refractivity contribution in [1.29, 1.82) is 0 Å². The molecule has 1 aliphatic heterocycles. The Bertz CT molecular complexity index is 311. The summed E-state index contributed by atoms with van der Waals surface area (Å²) in [6.07, 6.45) is 1.83. The zero-order valence-corrected chi connectivity index (χ0v) is 8.04. The average Bonchev–Trinajstić information content (AvgIpc) is 2.45. The molecule has 0 unspecified atom stereocenters. The van der Waals surface area contributed by atoms with Crippen LogP contribution >= 0.6 is 0 Å². The maximum atomic E-state index is 9.83. The molecule has 0 atom stereocenters. The summed E-state index contributed by atoms with van der Waals surface area (Å²) in [5.74, 6) is 0.768. The highest BCUT2D eigenvalue weighted by Crippen LogP contribution is 2.20. The SMILES string of the molecule is CC(C)(O)c1ncc2n1CCNC2. The van der Waals surface area contributed by atoms with Crippen LogP contribution < -0.4 is 5.32 Å². The van der Waals surface area contributed by atoms with Gasteiger partial charge in [-0.3, -0.25) is 0 Å². The fourth-order valence-corrected chi connectivity index (χ4v) is 1.70. The molecule has 2 N–H and O–H groups in total. The van der Waals surface area contributed by atoms with E-state index in [2.05, 4.69) is 14.9 Å². The van der Waals surface area contributed by atoms with Crippen molar-refractivity contribution in [3.63, 3.8) is 0 Å². The molecule has 1 aliphatic rings. The van der Waals surface area contributed by atoms with Crippen molar-refractivity contribution in [3.05, 3.63) is 17.7 Å². The minimum atomic E-state index is -0.838. The molecule has 0 spiro atoms. The summed E-state index contributed by atoms with van der Waals surface area (Å²) < 4.78 is 2.09. The Balaban J connectivity index is 2.43. The third kappa shape index (κ3) is 1.47. The Morgan fingerprint density at radius 2 is 2.38 bits per heavy atom. The molecule has 4 nitrogen and oxygen atoms in total. The second-order valence-corrected chi connectivity index (χ2v) is 3.96. The minimum Gasteiger partial charge on any atom is -0.383 e. The van der Waals surface area contributed by atoms with E-state index >= 15 is 0 Å². The molecule has 0 saturated heterocycles. The van der Waals surface area contributed by atoms with Crippen molar-refractivity contribution in [1.82, 2.24) is 14.9 Å². The van der Waals surface area contributed by atoms with E-state index in [4.69, 9.17) is 0 Å². The summed E-state index contributed by atoms with van der Waals surface area (Å²) in [5, 5.41) is 13.1. The topological polar surface area (TPSA) is 50.1 Å². The number of hydrogen-bond donors (Lipinski definition) is 2. The lowest BCUT2D eigenvalue weighted by Crippen LogP contribution is -2.32. The van der Waals surface area contributed by atoms with E-state index in [9.17, 15) is 5.11 Å². The fraction of sp³-hybridized carbons (Fsp3) is 0.667. The minimum absolute atomic E-state index is 0.768. The summed E-state index contributed by atoms with van der Waals surface area (Å²) in [5.41, 5.74) is 0.318. The summed E-state index contributed by atoms with van der Waals surface area (Å²) >= 11 is 0. The molecular formula is C9H15N3O. The average molecular weight is 181 g/mol. The van der Waals surface area contributed by atoms with Crippen LogP contribution in [0.4, 0.5) is 0 Å². The number of nitrogens with one attached hydrogen (secondary N) is 1. The number of aromatic nitrogens is 2. The zero-order chi connectivity index (χ0) is 9.47. The van der Waals surface area contributed by atoms with Crippen LogP contribution in [0.3, 0.4) is 0 Å². The van der Waals surface area contributed by atoms with Crippen LogP contribution in [0.15, 0.2) is 6.20 Å². The largest absolute Gasteiger partial charge is 0.383 e. The second kappa shape index (κ2) is 2.82. The molecule has 1 aromatic heterocycles. The molecule has 0 bridgehead atoms. The van der Waals surface area contributed by atoms with Crippen molar-refractivity contribution < 1.29 is 5.11 Å². The van der Waals surface area contributed by atoms with Crippen molar-refractivity contribution in [2.24, 2.45) is 0 Å². The molecule has 0 fully saturated rings. The highest BCUT2D eigenvalue weighted by atomic mass is 16.3. The Morgan fingerprint density at radius 3 is 3.08 bits per heavy atom. The standard InChI is InChI=1S/C9H15N3O/c1-9(2,13)8-11-6-7-5-10-3-4-12(7)8/h6,10,13H,3-5H2,1-2H3. The van der Waals surface area contributed by atoms with Crippen molar-refractivity contribution in [2.75, 3.05) is 6.54 Å². The van der Waals surface area contributed by atoms with Gasteiger partial charge in [0.1, 0.15) is 11.4 Å². The van der Waals surface area contributed by atoms with Crippen LogP contribution in [0.2, 0.25) is 0 Å². The van der Waals surface area contributed by atoms with Gasteiger partial charge in [0, 0.05) is 25.8 Å². The lowest BCUT2D eigenvalue weighted by Gasteiger charge is -2.23. The van der Waals surface area contributed by atoms with Crippen molar-refractivity contribution in [2.45, 2.75) is 32.5 Å². The molecule has 4 heteroatoms. The van der Waals surface area contributed by atoms with E-state index < -0.39 is 5.60 Å². The van der Waals surface area contributed by atoms with E-state index in [1.54, 1.807) is 13.8 Å². The maximum absolute atomic E-state index is 9.83. The molecule has 0 radical (unpaired) electrons. The summed E-state index contributed by atoms with van der Waals surface area (Å²) in [4.78, 5) is 4.24. The Kier molecular flexibility index (Phi) is 1.89. The number of hydrogen-bond acceptors (Lipinski definition) is 3. The highest BCUT2D eigenvalue weighted by molar-refractivity contribution is 5.11. The number of rotatable bonds is 1. The van der Waals surface area contributed by atoms with Gasteiger partial charge in [0.2, 0.25) is 0 Å². The first-order valence-corrected chi connectivity index (χ1v) is 4.57. The molecule has 0 aromatic carbocycles. The third-order valence-corrected chi connectivity index (χ3v) is 2.30. The van der Waals surface area contributed by atoms with Crippen LogP contribution in [0.25, 0.3) is 0 Å². The van der Waals surface area contributed by atoms with Crippen LogP contribution in [0, 0.1) is 0 Å². The molecule has 2 heterocycles. The van der Waals surface area contributed by atoms with E-state index in [0.29, 0.717) is 0 Å². The van der Waals surface area contributed by atoms with Gasteiger partial charge < -0.3 is 15.0 Å². The van der Waals surface area contributed by atoms with Crippen LogP contribution in [0.5, 0.6) is 0 Å². The molecule has 0 amide bonds. The summed E-state index contributed by atoms with van der Waals surface area (Å²) in [6.45, 7) is 6.24. The Labute approximate surface area is 77.6 Å². The van der Waals surface area contributed by atoms with Gasteiger partial charge in [-0.2, -0.15) is 0 Å². The number of nitrogens with zero attached hydrogens (tertiary/aromatic N) is 2. The third-order valence-electron chi connectivity index (χ3n) is 2.30. The van der Waals surface area contributed by atoms with Gasteiger partial charge in [-0.25, -0.2) is 4.98 Å². The van der Waals surface area contributed by atoms with Gasteiger partial charge in [0.15, 0.2) is 0 Å². The highest BCUT2D eigenvalue weighted by Gasteiger charge is 2.25. The molecular weight excluding hydrogens is 166 g/mol. The van der Waals surface area contributed by atoms with Crippen LogP contribution in [0.1, 0.15) is 25.4 Å². The second-order valence-electron chi connectivity index (χ2n) is 3.96. The van der Waals surface area contributed by atoms with Crippen molar-refractivity contribution >= 4 is 0 Å². The molecule has 72 valence electrons. The predicted octanol–water partition coefficient (Wildman–Crippen LogP) is 0.214. The quantitative estimate of drug-likeness (QED) is 0.651. The Morgan fingerprint density at radius 1 is 1.62 bits per heavy atom. The van der Waals surface area contributed by atoms with Gasteiger partial charge in [-0.1, -0.05) is 0 Å². The van der Waals surface area contributed by atoms with Gasteiger partial charge >= 0.3 is 0 Å². The molecule has 13 heavy (non-hydrogen) atoms. The van der Waals surface area contributed by atoms with Gasteiger partial charge in [-0.05, 0) is 13.8 Å². The number of aliphatic hydroxyl groups is 1. The first-order chi connectivity index (χ1) is 6.09. The van der Waals surface area contributed by atoms with Crippen molar-refractivity contribution in [3.8, 4) is 0 Å². The van der Waals surface area contributed by atoms with E-state index in [-0.39, 0.29) is 0 Å². The first kappa shape index (κ1) is 8.72. The first-order valence-electron chi connectivity index (χ1n) is 4.57. The van der Waals surface area contributed by atoms with Gasteiger partial charge in [0.05, 0.1) is 5.69 Å². The van der Waals surface area contributed by atoms with Gasteiger partial charge in [-0.15, -0.1) is 0 Å². The molecule has 0 aliphatic carbocycles.